The molecule has 0 bridgehead atoms. The molecule has 2 heterocycles. The summed E-state index contributed by atoms with van der Waals surface area (Å²) in [5.74, 6) is 0.631. The van der Waals surface area contributed by atoms with E-state index in [-0.39, 0.29) is 0 Å². The maximum atomic E-state index is 6.14. The highest BCUT2D eigenvalue weighted by molar-refractivity contribution is 7.16. The van der Waals surface area contributed by atoms with Gasteiger partial charge in [0, 0.05) is 24.2 Å². The fourth-order valence-electron chi connectivity index (χ4n) is 2.74. The van der Waals surface area contributed by atoms with Gasteiger partial charge in [0.05, 0.1) is 11.2 Å². The molecule has 1 saturated carbocycles. The highest BCUT2D eigenvalue weighted by Crippen LogP contribution is 2.40. The number of anilines is 1. The molecule has 0 saturated heterocycles. The summed E-state index contributed by atoms with van der Waals surface area (Å²) in [4.78, 5) is 4.78. The number of hydrogen-bond acceptors (Lipinski definition) is 4. The Hall–Kier alpha value is -1.36. The molecule has 2 aromatic rings. The number of nitrogens with two attached hydrogens (primary N) is 1. The summed E-state index contributed by atoms with van der Waals surface area (Å²) in [6.07, 6.45) is 10.2. The number of nitrogens with zero attached hydrogens (tertiary/aromatic N) is 3. The van der Waals surface area contributed by atoms with Crippen LogP contribution in [0.2, 0.25) is 0 Å². The van der Waals surface area contributed by atoms with Gasteiger partial charge < -0.3 is 5.73 Å². The topological polar surface area (TPSA) is 56.7 Å². The van der Waals surface area contributed by atoms with Gasteiger partial charge in [-0.05, 0) is 19.3 Å². The van der Waals surface area contributed by atoms with Gasteiger partial charge in [-0.3, -0.25) is 4.68 Å². The number of aryl methyl sites for hydroxylation is 1. The molecule has 0 aromatic carbocycles. The Bertz CT molecular complexity index is 552. The second-order valence-corrected chi connectivity index (χ2v) is 6.30. The zero-order valence-corrected chi connectivity index (χ0v) is 12.1. The van der Waals surface area contributed by atoms with Crippen LogP contribution in [0.25, 0.3) is 11.3 Å². The molecule has 0 amide bonds. The largest absolute Gasteiger partial charge is 0.389 e. The molecule has 1 fully saturated rings. The maximum Gasteiger partial charge on any atom is 0.114 e. The average Bonchev–Trinajstić information content (AvgIpc) is 3.08. The highest BCUT2D eigenvalue weighted by Gasteiger charge is 2.22. The van der Waals surface area contributed by atoms with Crippen molar-refractivity contribution >= 4 is 16.3 Å². The van der Waals surface area contributed by atoms with Crippen LogP contribution in [0, 0.1) is 0 Å². The first kappa shape index (κ1) is 12.7. The average molecular weight is 276 g/mol. The second kappa shape index (κ2) is 5.33. The SMILES string of the molecule is CCCn1cc(-c2nc(C3CCCC3)sc2N)cn1. The molecular formula is C14H20N4S. The van der Waals surface area contributed by atoms with Crippen LogP contribution in [-0.2, 0) is 6.54 Å². The smallest absolute Gasteiger partial charge is 0.114 e. The summed E-state index contributed by atoms with van der Waals surface area (Å²) < 4.78 is 1.96. The molecule has 19 heavy (non-hydrogen) atoms. The van der Waals surface area contributed by atoms with Gasteiger partial charge in [0.1, 0.15) is 10.7 Å². The lowest BCUT2D eigenvalue weighted by molar-refractivity contribution is 0.603. The van der Waals surface area contributed by atoms with Crippen molar-refractivity contribution in [3.05, 3.63) is 17.4 Å². The minimum absolute atomic E-state index is 0.631. The van der Waals surface area contributed by atoms with Crippen LogP contribution in [-0.4, -0.2) is 14.8 Å². The third-order valence-corrected chi connectivity index (χ3v) is 4.78. The van der Waals surface area contributed by atoms with Crippen LogP contribution in [0.5, 0.6) is 0 Å². The molecule has 0 radical (unpaired) electrons. The molecule has 1 aliphatic rings. The van der Waals surface area contributed by atoms with E-state index in [4.69, 9.17) is 10.7 Å². The van der Waals surface area contributed by atoms with Crippen LogP contribution in [0.4, 0.5) is 5.00 Å². The molecule has 0 aliphatic heterocycles. The number of aromatic nitrogens is 3. The fourth-order valence-corrected chi connectivity index (χ4v) is 3.77. The Kier molecular flexibility index (Phi) is 3.55. The highest BCUT2D eigenvalue weighted by atomic mass is 32.1. The second-order valence-electron chi connectivity index (χ2n) is 5.24. The van der Waals surface area contributed by atoms with E-state index in [1.54, 1.807) is 11.3 Å². The fraction of sp³-hybridized carbons (Fsp3) is 0.571. The van der Waals surface area contributed by atoms with Gasteiger partial charge in [-0.1, -0.05) is 19.8 Å². The lowest BCUT2D eigenvalue weighted by Gasteiger charge is -2.02. The Morgan fingerprint density at radius 3 is 2.95 bits per heavy atom. The lowest BCUT2D eigenvalue weighted by Crippen LogP contribution is -1.95. The van der Waals surface area contributed by atoms with Crippen LogP contribution < -0.4 is 5.73 Å². The van der Waals surface area contributed by atoms with E-state index < -0.39 is 0 Å². The standard InChI is InChI=1S/C14H20N4S/c1-2-7-18-9-11(8-16-18)12-13(15)19-14(17-12)10-5-3-4-6-10/h8-10H,2-7,15H2,1H3. The van der Waals surface area contributed by atoms with E-state index in [1.807, 2.05) is 17.1 Å². The Balaban J connectivity index is 1.86. The summed E-state index contributed by atoms with van der Waals surface area (Å²) in [5.41, 5.74) is 8.12. The van der Waals surface area contributed by atoms with E-state index >= 15 is 0 Å². The molecule has 0 unspecified atom stereocenters. The monoisotopic (exact) mass is 276 g/mol. The van der Waals surface area contributed by atoms with E-state index in [2.05, 4.69) is 12.0 Å². The normalized spacial score (nSPS) is 16.3. The van der Waals surface area contributed by atoms with Crippen molar-refractivity contribution in [2.75, 3.05) is 5.73 Å². The summed E-state index contributed by atoms with van der Waals surface area (Å²) in [6, 6.07) is 0. The van der Waals surface area contributed by atoms with Crippen LogP contribution in [0.3, 0.4) is 0 Å². The van der Waals surface area contributed by atoms with Crippen molar-refractivity contribution < 1.29 is 0 Å². The first-order chi connectivity index (χ1) is 9.28. The first-order valence-electron chi connectivity index (χ1n) is 7.07. The Labute approximate surface area is 117 Å². The van der Waals surface area contributed by atoms with Gasteiger partial charge in [-0.2, -0.15) is 5.10 Å². The lowest BCUT2D eigenvalue weighted by atomic mass is 10.1. The van der Waals surface area contributed by atoms with Gasteiger partial charge in [0.25, 0.3) is 0 Å². The molecule has 0 atom stereocenters. The summed E-state index contributed by atoms with van der Waals surface area (Å²) in [6.45, 7) is 3.09. The molecule has 2 N–H and O–H groups in total. The summed E-state index contributed by atoms with van der Waals surface area (Å²) in [5, 5.41) is 6.40. The predicted molar refractivity (Wildman–Crippen MR) is 79.2 cm³/mol. The van der Waals surface area contributed by atoms with Crippen molar-refractivity contribution in [2.24, 2.45) is 0 Å². The minimum Gasteiger partial charge on any atom is -0.389 e. The molecule has 0 spiro atoms. The summed E-state index contributed by atoms with van der Waals surface area (Å²) in [7, 11) is 0. The van der Waals surface area contributed by atoms with Crippen LogP contribution in [0.15, 0.2) is 12.4 Å². The summed E-state index contributed by atoms with van der Waals surface area (Å²) >= 11 is 1.66. The number of nitrogen functional groups attached to an aromatic ring is 1. The Morgan fingerprint density at radius 2 is 2.21 bits per heavy atom. The van der Waals surface area contributed by atoms with Gasteiger partial charge in [-0.25, -0.2) is 4.98 Å². The van der Waals surface area contributed by atoms with Crippen molar-refractivity contribution in [2.45, 2.75) is 51.5 Å². The quantitative estimate of drug-likeness (QED) is 0.927. The maximum absolute atomic E-state index is 6.14. The van der Waals surface area contributed by atoms with Crippen LogP contribution in [0.1, 0.15) is 50.0 Å². The first-order valence-corrected chi connectivity index (χ1v) is 7.88. The van der Waals surface area contributed by atoms with Crippen molar-refractivity contribution in [1.82, 2.24) is 14.8 Å². The molecule has 1 aliphatic carbocycles. The third-order valence-electron chi connectivity index (χ3n) is 3.73. The van der Waals surface area contributed by atoms with E-state index in [0.29, 0.717) is 5.92 Å². The molecule has 102 valence electrons. The molecule has 5 heteroatoms. The van der Waals surface area contributed by atoms with Crippen molar-refractivity contribution in [3.8, 4) is 11.3 Å². The van der Waals surface area contributed by atoms with Crippen molar-refractivity contribution in [3.63, 3.8) is 0 Å². The zero-order valence-electron chi connectivity index (χ0n) is 11.3. The van der Waals surface area contributed by atoms with Gasteiger partial charge >= 0.3 is 0 Å². The third kappa shape index (κ3) is 2.52. The predicted octanol–water partition coefficient (Wildman–Crippen LogP) is 3.66. The van der Waals surface area contributed by atoms with Gasteiger partial charge in [0.15, 0.2) is 0 Å². The van der Waals surface area contributed by atoms with Crippen LogP contribution >= 0.6 is 11.3 Å². The molecular weight excluding hydrogens is 256 g/mol. The number of thiazole rings is 1. The van der Waals surface area contributed by atoms with E-state index in [9.17, 15) is 0 Å². The number of hydrogen-bond donors (Lipinski definition) is 1. The molecule has 4 nitrogen and oxygen atoms in total. The van der Waals surface area contributed by atoms with Crippen molar-refractivity contribution in [1.29, 1.82) is 0 Å². The number of rotatable bonds is 4. The molecule has 3 rings (SSSR count). The van der Waals surface area contributed by atoms with Gasteiger partial charge in [0.2, 0.25) is 0 Å². The molecule has 2 aromatic heterocycles. The minimum atomic E-state index is 0.631. The van der Waals surface area contributed by atoms with Gasteiger partial charge in [-0.15, -0.1) is 11.3 Å². The van der Waals surface area contributed by atoms with E-state index in [0.717, 1.165) is 29.2 Å². The zero-order chi connectivity index (χ0) is 13.2. The van der Waals surface area contributed by atoms with E-state index in [1.165, 1.54) is 30.7 Å². The Morgan fingerprint density at radius 1 is 1.42 bits per heavy atom.